The van der Waals surface area contributed by atoms with Gasteiger partial charge in [-0.05, 0) is 63.6 Å². The van der Waals surface area contributed by atoms with Crippen molar-refractivity contribution in [2.75, 3.05) is 25.9 Å². The number of likely N-dealkylation sites (N-methyl/N-ethyl adjacent to an activating group) is 1. The molecule has 4 saturated carbocycles. The van der Waals surface area contributed by atoms with Crippen LogP contribution in [0.5, 0.6) is 5.75 Å². The third-order valence-electron chi connectivity index (χ3n) is 8.83. The number of fused-ring (bicyclic) bond motifs is 3. The van der Waals surface area contributed by atoms with Gasteiger partial charge in [-0.15, -0.1) is 13.2 Å². The molecule has 10 heteroatoms. The van der Waals surface area contributed by atoms with Gasteiger partial charge in [0.05, 0.1) is 5.71 Å². The molecule has 7 rings (SSSR count). The lowest BCUT2D eigenvalue weighted by atomic mass is 9.98. The van der Waals surface area contributed by atoms with Crippen molar-refractivity contribution >= 4 is 11.5 Å². The van der Waals surface area contributed by atoms with E-state index in [1.807, 2.05) is 0 Å². The van der Waals surface area contributed by atoms with E-state index in [-0.39, 0.29) is 28.5 Å². The molecule has 7 nitrogen and oxygen atoms in total. The number of rotatable bonds is 7. The third kappa shape index (κ3) is 3.17. The minimum Gasteiger partial charge on any atom is -0.402 e. The Bertz CT molecular complexity index is 1070. The molecule has 4 aliphatic carbocycles. The maximum atomic E-state index is 12.7. The van der Waals surface area contributed by atoms with Crippen molar-refractivity contribution in [2.24, 2.45) is 23.2 Å². The van der Waals surface area contributed by atoms with E-state index in [4.69, 9.17) is 11.1 Å². The number of allylic oxidation sites excluding steroid dienone is 2. The molecule has 0 spiro atoms. The van der Waals surface area contributed by atoms with Crippen LogP contribution in [0.4, 0.5) is 19.0 Å². The number of nitrogens with one attached hydrogen (secondary N) is 2. The Hall–Kier alpha value is -2.33. The number of ether oxygens (including phenoxy) is 1. The highest BCUT2D eigenvalue weighted by Gasteiger charge is 2.93. The summed E-state index contributed by atoms with van der Waals surface area (Å²) < 4.78 is 42.2. The fourth-order valence-corrected chi connectivity index (χ4v) is 7.50. The van der Waals surface area contributed by atoms with Gasteiger partial charge in [-0.1, -0.05) is 0 Å². The Labute approximate surface area is 197 Å². The van der Waals surface area contributed by atoms with Gasteiger partial charge in [0.25, 0.3) is 0 Å². The van der Waals surface area contributed by atoms with E-state index in [9.17, 15) is 13.2 Å². The SMILES string of the molecule is CC(C)N/C(=C\C(=N)c1cnc(N)c(OC(F)(F)F)c1)[C@]12C3[C@@H](N4C[C@@H]5C[C@H]4CN5C)C[C@@H]1[C@H]32. The van der Waals surface area contributed by atoms with E-state index in [0.29, 0.717) is 35.9 Å². The van der Waals surface area contributed by atoms with E-state index in [1.165, 1.54) is 19.0 Å². The standard InChI is InChI=1S/C24H31F3N6O/c1-11(2)31-19(7-16(28)12-4-18(22(29)30-8-12)34-24(25,26)27)23-15-6-17(21(23)20(15)23)33-10-13-5-14(33)9-32(13)3/h4,7-8,11,13-15,17,20-21,28,31H,5-6,9-10H2,1-3H3,(H2,29,30)/b19-7-,28-16?/t13-,14-,15+,17-,20+,21?,23+/m0/s1. The minimum absolute atomic E-state index is 0.0987. The summed E-state index contributed by atoms with van der Waals surface area (Å²) in [5.74, 6) is 0.977. The third-order valence-corrected chi connectivity index (χ3v) is 8.83. The zero-order valence-corrected chi connectivity index (χ0v) is 19.6. The Morgan fingerprint density at radius 2 is 2.06 bits per heavy atom. The van der Waals surface area contributed by atoms with E-state index >= 15 is 0 Å². The number of likely N-dealkylation sites (tertiary alicyclic amines) is 2. The number of nitrogens with zero attached hydrogens (tertiary/aromatic N) is 3. The van der Waals surface area contributed by atoms with E-state index in [1.54, 1.807) is 6.08 Å². The lowest BCUT2D eigenvalue weighted by Crippen LogP contribution is -2.49. The molecular formula is C24H31F3N6O. The highest BCUT2D eigenvalue weighted by molar-refractivity contribution is 6.07. The summed E-state index contributed by atoms with van der Waals surface area (Å²) in [5.41, 5.74) is 7.06. The number of halogens is 3. The zero-order valence-electron chi connectivity index (χ0n) is 19.6. The molecule has 0 radical (unpaired) electrons. The van der Waals surface area contributed by atoms with Gasteiger partial charge in [0, 0.05) is 60.1 Å². The van der Waals surface area contributed by atoms with Crippen LogP contribution in [0.2, 0.25) is 0 Å². The van der Waals surface area contributed by atoms with E-state index < -0.39 is 12.1 Å². The van der Waals surface area contributed by atoms with Crippen LogP contribution in [0.15, 0.2) is 24.0 Å². The van der Waals surface area contributed by atoms with Crippen LogP contribution >= 0.6 is 0 Å². The molecule has 1 unspecified atom stereocenters. The molecule has 6 aliphatic rings. The van der Waals surface area contributed by atoms with Gasteiger partial charge in [0.1, 0.15) is 0 Å². The van der Waals surface area contributed by atoms with Crippen molar-refractivity contribution in [1.29, 1.82) is 5.41 Å². The number of alkyl halides is 3. The first-order chi connectivity index (χ1) is 16.0. The number of aromatic nitrogens is 1. The highest BCUT2D eigenvalue weighted by Crippen LogP contribution is 2.94. The molecule has 6 fully saturated rings. The quantitative estimate of drug-likeness (QED) is 0.525. The van der Waals surface area contributed by atoms with Crippen molar-refractivity contribution in [3.8, 4) is 5.75 Å². The molecule has 0 aromatic carbocycles. The zero-order chi connectivity index (χ0) is 24.2. The molecule has 2 saturated heterocycles. The van der Waals surface area contributed by atoms with Gasteiger partial charge in [-0.3, -0.25) is 4.90 Å². The second kappa shape index (κ2) is 7.10. The number of hydrogen-bond acceptors (Lipinski definition) is 7. The van der Waals surface area contributed by atoms with Crippen molar-refractivity contribution < 1.29 is 17.9 Å². The summed E-state index contributed by atoms with van der Waals surface area (Å²) >= 11 is 0. The molecular weight excluding hydrogens is 445 g/mol. The second-order valence-electron chi connectivity index (χ2n) is 11.0. The first-order valence-corrected chi connectivity index (χ1v) is 12.1. The number of piperazine rings is 1. The number of anilines is 1. The van der Waals surface area contributed by atoms with E-state index in [2.05, 4.69) is 45.7 Å². The van der Waals surface area contributed by atoms with Crippen LogP contribution in [0.3, 0.4) is 0 Å². The summed E-state index contributed by atoms with van der Waals surface area (Å²) in [6.45, 7) is 6.45. The topological polar surface area (TPSA) is 90.5 Å². The molecule has 184 valence electrons. The molecule has 2 aliphatic heterocycles. The van der Waals surface area contributed by atoms with Gasteiger partial charge in [0.2, 0.25) is 0 Å². The predicted molar refractivity (Wildman–Crippen MR) is 121 cm³/mol. The molecule has 4 N–H and O–H groups in total. The Morgan fingerprint density at radius 1 is 1.29 bits per heavy atom. The lowest BCUT2D eigenvalue weighted by molar-refractivity contribution is -0.274. The van der Waals surface area contributed by atoms with Gasteiger partial charge in [0.15, 0.2) is 11.6 Å². The summed E-state index contributed by atoms with van der Waals surface area (Å²) in [5, 5.41) is 12.2. The van der Waals surface area contributed by atoms with Crippen LogP contribution in [0.25, 0.3) is 0 Å². The number of nitrogens with two attached hydrogens (primary N) is 1. The van der Waals surface area contributed by atoms with Crippen molar-refractivity contribution in [1.82, 2.24) is 20.1 Å². The average Bonchev–Trinajstić information content (AvgIpc) is 3.20. The van der Waals surface area contributed by atoms with Gasteiger partial charge in [-0.25, -0.2) is 4.98 Å². The molecule has 1 aromatic rings. The maximum Gasteiger partial charge on any atom is 0.573 e. The average molecular weight is 477 g/mol. The minimum atomic E-state index is -4.87. The fraction of sp³-hybridized carbons (Fsp3) is 0.667. The van der Waals surface area contributed by atoms with Crippen molar-refractivity contribution in [3.63, 3.8) is 0 Å². The normalized spacial score (nSPS) is 38.4. The number of nitrogen functional groups attached to an aromatic ring is 1. The molecule has 4 bridgehead atoms. The van der Waals surface area contributed by atoms with Gasteiger partial charge in [-0.2, -0.15) is 0 Å². The van der Waals surface area contributed by atoms with Crippen LogP contribution in [-0.2, 0) is 0 Å². The predicted octanol–water partition coefficient (Wildman–Crippen LogP) is 2.83. The molecule has 1 aromatic heterocycles. The second-order valence-corrected chi connectivity index (χ2v) is 11.0. The van der Waals surface area contributed by atoms with Gasteiger partial charge >= 0.3 is 6.36 Å². The Balaban J connectivity index is 1.24. The Morgan fingerprint density at radius 3 is 2.65 bits per heavy atom. The largest absolute Gasteiger partial charge is 0.573 e. The summed E-state index contributed by atoms with van der Waals surface area (Å²) in [6.07, 6.45) is 0.729. The molecule has 34 heavy (non-hydrogen) atoms. The van der Waals surface area contributed by atoms with Crippen LogP contribution in [0.1, 0.15) is 32.3 Å². The first kappa shape index (κ1) is 22.2. The lowest BCUT2D eigenvalue weighted by Gasteiger charge is -2.36. The summed E-state index contributed by atoms with van der Waals surface area (Å²) in [6, 6.07) is 3.28. The van der Waals surface area contributed by atoms with Crippen molar-refractivity contribution in [3.05, 3.63) is 29.6 Å². The summed E-state index contributed by atoms with van der Waals surface area (Å²) in [7, 11) is 2.22. The van der Waals surface area contributed by atoms with Crippen LogP contribution in [0, 0.1) is 28.6 Å². The molecule has 0 amide bonds. The van der Waals surface area contributed by atoms with Crippen LogP contribution < -0.4 is 15.8 Å². The van der Waals surface area contributed by atoms with Crippen LogP contribution in [-0.4, -0.2) is 71.2 Å². The molecule has 7 atom stereocenters. The highest BCUT2D eigenvalue weighted by atomic mass is 19.4. The molecule has 3 heterocycles. The monoisotopic (exact) mass is 476 g/mol. The fourth-order valence-electron chi connectivity index (χ4n) is 7.50. The summed E-state index contributed by atoms with van der Waals surface area (Å²) in [4.78, 5) is 9.06. The van der Waals surface area contributed by atoms with Gasteiger partial charge < -0.3 is 26.1 Å². The number of pyridine rings is 1. The Kier molecular flexibility index (Phi) is 4.63. The van der Waals surface area contributed by atoms with E-state index in [0.717, 1.165) is 24.9 Å². The number of hydrogen-bond donors (Lipinski definition) is 3. The van der Waals surface area contributed by atoms with Crippen molar-refractivity contribution in [2.45, 2.75) is 57.2 Å². The first-order valence-electron chi connectivity index (χ1n) is 12.1. The smallest absolute Gasteiger partial charge is 0.402 e. The maximum absolute atomic E-state index is 12.7.